The minimum Gasteiger partial charge on any atom is -0.494 e. The SMILES string of the molecule is C=C1CN(c2c(F)cccc2OC)C(=O)C=C2NN=C(c3ccc(N4CCC(C)C(C(C)(C)O)C4)cc3)C12. The van der Waals surface area contributed by atoms with E-state index in [1.165, 1.54) is 24.2 Å². The minimum absolute atomic E-state index is 0.0982. The quantitative estimate of drug-likeness (QED) is 0.571. The van der Waals surface area contributed by atoms with Crippen LogP contribution in [0.4, 0.5) is 15.8 Å². The molecular formula is C30H35FN4O3. The Hall–Kier alpha value is -3.65. The number of aliphatic hydroxyl groups is 1. The van der Waals surface area contributed by atoms with Gasteiger partial charge < -0.3 is 14.7 Å². The van der Waals surface area contributed by atoms with Crippen LogP contribution >= 0.6 is 0 Å². The second-order valence-electron chi connectivity index (χ2n) is 11.0. The van der Waals surface area contributed by atoms with Crippen LogP contribution in [0.15, 0.2) is 71.5 Å². The number of methoxy groups -OCH3 is 1. The van der Waals surface area contributed by atoms with Gasteiger partial charge in [0.2, 0.25) is 0 Å². The van der Waals surface area contributed by atoms with Gasteiger partial charge in [-0.1, -0.05) is 31.7 Å². The largest absolute Gasteiger partial charge is 0.494 e. The van der Waals surface area contributed by atoms with E-state index in [-0.39, 0.29) is 35.7 Å². The van der Waals surface area contributed by atoms with Crippen molar-refractivity contribution in [2.75, 3.05) is 36.5 Å². The monoisotopic (exact) mass is 518 g/mol. The zero-order chi connectivity index (χ0) is 27.2. The van der Waals surface area contributed by atoms with Crippen LogP contribution in [0.25, 0.3) is 0 Å². The van der Waals surface area contributed by atoms with Crippen molar-refractivity contribution in [1.82, 2.24) is 5.43 Å². The van der Waals surface area contributed by atoms with Crippen LogP contribution in [0, 0.1) is 23.6 Å². The molecule has 200 valence electrons. The number of hydrogen-bond donors (Lipinski definition) is 2. The molecule has 0 aliphatic carbocycles. The summed E-state index contributed by atoms with van der Waals surface area (Å²) in [6.07, 6.45) is 2.49. The molecule has 0 aromatic heterocycles. The minimum atomic E-state index is -0.733. The molecule has 3 aliphatic heterocycles. The van der Waals surface area contributed by atoms with Gasteiger partial charge >= 0.3 is 0 Å². The standard InChI is InChI=1S/C30H35FN4O3/c1-18-13-14-34(17-22(18)30(3,4)37)21-11-9-20(10-12-21)28-27-19(2)16-35(26(36)15-24(27)32-33-28)29-23(31)7-6-8-25(29)38-5/h6-12,15,18,22,27,32,37H,2,13-14,16-17H2,1,3-5H3. The topological polar surface area (TPSA) is 77.4 Å². The van der Waals surface area contributed by atoms with Crippen molar-refractivity contribution in [1.29, 1.82) is 0 Å². The molecule has 2 aromatic rings. The van der Waals surface area contributed by atoms with Gasteiger partial charge in [-0.2, -0.15) is 5.10 Å². The number of nitrogens with one attached hydrogen (secondary N) is 1. The molecule has 2 aromatic carbocycles. The summed E-state index contributed by atoms with van der Waals surface area (Å²) in [5.74, 6) is -0.285. The zero-order valence-corrected chi connectivity index (χ0v) is 22.4. The van der Waals surface area contributed by atoms with Crippen molar-refractivity contribution in [3.05, 3.63) is 77.8 Å². The number of hydrazone groups is 1. The van der Waals surface area contributed by atoms with E-state index in [1.807, 2.05) is 26.0 Å². The van der Waals surface area contributed by atoms with Crippen LogP contribution in [-0.4, -0.2) is 49.1 Å². The zero-order valence-electron chi connectivity index (χ0n) is 22.4. The Kier molecular flexibility index (Phi) is 6.77. The van der Waals surface area contributed by atoms with Crippen LogP contribution < -0.4 is 20.0 Å². The highest BCUT2D eigenvalue weighted by atomic mass is 19.1. The van der Waals surface area contributed by atoms with E-state index in [9.17, 15) is 14.3 Å². The first-order valence-electron chi connectivity index (χ1n) is 13.0. The number of fused-ring (bicyclic) bond motifs is 1. The highest BCUT2D eigenvalue weighted by Gasteiger charge is 2.38. The van der Waals surface area contributed by atoms with Crippen LogP contribution in [0.1, 0.15) is 32.8 Å². The summed E-state index contributed by atoms with van der Waals surface area (Å²) in [4.78, 5) is 16.9. The van der Waals surface area contributed by atoms with E-state index in [0.717, 1.165) is 42.0 Å². The van der Waals surface area contributed by atoms with E-state index in [4.69, 9.17) is 4.74 Å². The molecule has 0 saturated carbocycles. The number of rotatable bonds is 5. The Morgan fingerprint density at radius 1 is 1.21 bits per heavy atom. The van der Waals surface area contributed by atoms with Gasteiger partial charge in [-0.15, -0.1) is 0 Å². The lowest BCUT2D eigenvalue weighted by Gasteiger charge is -2.43. The van der Waals surface area contributed by atoms with Gasteiger partial charge in [0.1, 0.15) is 11.4 Å². The van der Waals surface area contributed by atoms with Crippen LogP contribution in [0.5, 0.6) is 5.75 Å². The molecule has 7 nitrogen and oxygen atoms in total. The third-order valence-electron chi connectivity index (χ3n) is 8.04. The second kappa shape index (κ2) is 9.91. The molecule has 1 fully saturated rings. The van der Waals surface area contributed by atoms with Gasteiger partial charge in [0.15, 0.2) is 5.82 Å². The molecule has 0 bridgehead atoms. The number of carbonyl (C=O) groups excluding carboxylic acids is 1. The van der Waals surface area contributed by atoms with Crippen molar-refractivity contribution in [3.8, 4) is 5.75 Å². The maximum Gasteiger partial charge on any atom is 0.253 e. The molecular weight excluding hydrogens is 483 g/mol. The first kappa shape index (κ1) is 26.0. The van der Waals surface area contributed by atoms with E-state index in [2.05, 4.69) is 41.1 Å². The number of hydrogen-bond acceptors (Lipinski definition) is 6. The van der Waals surface area contributed by atoms with E-state index in [0.29, 0.717) is 11.6 Å². The fraction of sp³-hybridized carbons (Fsp3) is 0.400. The smallest absolute Gasteiger partial charge is 0.253 e. The molecule has 2 N–H and O–H groups in total. The Balaban J connectivity index is 1.37. The molecule has 3 heterocycles. The average molecular weight is 519 g/mol. The van der Waals surface area contributed by atoms with Gasteiger partial charge in [0.05, 0.1) is 30.0 Å². The molecule has 8 heteroatoms. The van der Waals surface area contributed by atoms with Crippen molar-refractivity contribution in [3.63, 3.8) is 0 Å². The van der Waals surface area contributed by atoms with Gasteiger partial charge in [0.25, 0.3) is 5.91 Å². The number of carbonyl (C=O) groups is 1. The maximum atomic E-state index is 14.8. The maximum absolute atomic E-state index is 14.8. The molecule has 38 heavy (non-hydrogen) atoms. The van der Waals surface area contributed by atoms with Crippen molar-refractivity contribution >= 4 is 23.0 Å². The molecule has 3 unspecified atom stereocenters. The summed E-state index contributed by atoms with van der Waals surface area (Å²) in [6, 6.07) is 12.7. The fourth-order valence-electron chi connectivity index (χ4n) is 5.92. The molecule has 1 saturated heterocycles. The first-order valence-corrected chi connectivity index (χ1v) is 13.0. The second-order valence-corrected chi connectivity index (χ2v) is 11.0. The molecule has 5 rings (SSSR count). The van der Waals surface area contributed by atoms with Gasteiger partial charge in [0, 0.05) is 37.3 Å². The van der Waals surface area contributed by atoms with Gasteiger partial charge in [-0.3, -0.25) is 15.1 Å². The number of halogens is 1. The van der Waals surface area contributed by atoms with Crippen LogP contribution in [-0.2, 0) is 4.79 Å². The normalized spacial score (nSPS) is 23.9. The van der Waals surface area contributed by atoms with Crippen molar-refractivity contribution in [2.24, 2.45) is 22.9 Å². The Labute approximate surface area is 223 Å². The summed E-state index contributed by atoms with van der Waals surface area (Å²) in [7, 11) is 1.45. The first-order chi connectivity index (χ1) is 18.1. The molecule has 3 atom stereocenters. The number of para-hydroxylation sites is 1. The molecule has 1 amide bonds. The van der Waals surface area contributed by atoms with Gasteiger partial charge in [-0.25, -0.2) is 4.39 Å². The lowest BCUT2D eigenvalue weighted by atomic mass is 9.77. The lowest BCUT2D eigenvalue weighted by molar-refractivity contribution is -0.114. The number of benzene rings is 2. The highest BCUT2D eigenvalue weighted by molar-refractivity contribution is 6.10. The van der Waals surface area contributed by atoms with E-state index < -0.39 is 11.4 Å². The third-order valence-corrected chi connectivity index (χ3v) is 8.04. The summed E-state index contributed by atoms with van der Waals surface area (Å²) in [5, 5.41) is 15.2. The Bertz CT molecular complexity index is 1310. The summed E-state index contributed by atoms with van der Waals surface area (Å²) >= 11 is 0. The predicted octanol–water partition coefficient (Wildman–Crippen LogP) is 4.48. The van der Waals surface area contributed by atoms with Crippen molar-refractivity contribution in [2.45, 2.75) is 32.8 Å². The van der Waals surface area contributed by atoms with Gasteiger partial charge in [-0.05, 0) is 61.6 Å². The highest BCUT2D eigenvalue weighted by Crippen LogP contribution is 2.38. The predicted molar refractivity (Wildman–Crippen MR) is 148 cm³/mol. The lowest BCUT2D eigenvalue weighted by Crippen LogP contribution is -2.48. The van der Waals surface area contributed by atoms with Crippen LogP contribution in [0.3, 0.4) is 0 Å². The number of ether oxygens (including phenoxy) is 1. The number of piperidine rings is 1. The van der Waals surface area contributed by atoms with E-state index >= 15 is 0 Å². The third kappa shape index (κ3) is 4.69. The molecule has 3 aliphatic rings. The Morgan fingerprint density at radius 2 is 1.95 bits per heavy atom. The summed E-state index contributed by atoms with van der Waals surface area (Å²) in [6.45, 7) is 12.1. The Morgan fingerprint density at radius 3 is 2.63 bits per heavy atom. The summed E-state index contributed by atoms with van der Waals surface area (Å²) in [5.41, 5.74) is 6.50. The fourth-order valence-corrected chi connectivity index (χ4v) is 5.92. The number of nitrogens with zero attached hydrogens (tertiary/aromatic N) is 3. The average Bonchev–Trinajstić information content (AvgIpc) is 3.25. The summed E-state index contributed by atoms with van der Waals surface area (Å²) < 4.78 is 20.1. The number of amides is 1. The van der Waals surface area contributed by atoms with E-state index in [1.54, 1.807) is 12.1 Å². The van der Waals surface area contributed by atoms with Crippen LogP contribution in [0.2, 0.25) is 0 Å². The number of allylic oxidation sites excluding steroid dienone is 1. The molecule has 0 spiro atoms. The number of anilines is 2. The molecule has 0 radical (unpaired) electrons. The van der Waals surface area contributed by atoms with Crippen molar-refractivity contribution < 1.29 is 19.0 Å².